The molecule has 1 atom stereocenters. The summed E-state index contributed by atoms with van der Waals surface area (Å²) in [6.07, 6.45) is 7.36. The van der Waals surface area contributed by atoms with Crippen LogP contribution in [-0.4, -0.2) is 35.6 Å². The van der Waals surface area contributed by atoms with Gasteiger partial charge < -0.3 is 10.2 Å². The zero-order valence-electron chi connectivity index (χ0n) is 11.2. The van der Waals surface area contributed by atoms with Crippen LogP contribution in [0, 0.1) is 5.92 Å². The molecule has 0 spiro atoms. The van der Waals surface area contributed by atoms with Gasteiger partial charge in [-0.3, -0.25) is 0 Å². The molecule has 0 radical (unpaired) electrons. The molecule has 0 amide bonds. The number of aromatic nitrogens is 1. The maximum absolute atomic E-state index is 4.40. The van der Waals surface area contributed by atoms with Crippen LogP contribution in [-0.2, 0) is 13.0 Å². The Hall–Kier alpha value is -0.450. The molecule has 1 N–H and O–H groups in total. The third kappa shape index (κ3) is 3.11. The highest BCUT2D eigenvalue weighted by Crippen LogP contribution is 2.31. The first-order valence-corrected chi connectivity index (χ1v) is 8.05. The maximum atomic E-state index is 4.40. The highest BCUT2D eigenvalue weighted by molar-refractivity contribution is 7.11. The molecule has 2 fully saturated rings. The summed E-state index contributed by atoms with van der Waals surface area (Å²) in [5.74, 6) is 0.865. The van der Waals surface area contributed by atoms with Crippen molar-refractivity contribution in [3.05, 3.63) is 16.1 Å². The third-order valence-corrected chi connectivity index (χ3v) is 5.16. The summed E-state index contributed by atoms with van der Waals surface area (Å²) >= 11 is 1.85. The molecule has 1 aromatic heterocycles. The van der Waals surface area contributed by atoms with Gasteiger partial charge in [0.05, 0.1) is 5.01 Å². The molecule has 1 unspecified atom stereocenters. The molecular weight excluding hydrogens is 242 g/mol. The van der Waals surface area contributed by atoms with E-state index in [4.69, 9.17) is 0 Å². The van der Waals surface area contributed by atoms with Gasteiger partial charge in [0.2, 0.25) is 0 Å². The topological polar surface area (TPSA) is 28.2 Å². The fourth-order valence-electron chi connectivity index (χ4n) is 2.79. The zero-order valence-corrected chi connectivity index (χ0v) is 12.0. The van der Waals surface area contributed by atoms with E-state index in [0.717, 1.165) is 24.9 Å². The third-order valence-electron chi connectivity index (χ3n) is 4.02. The lowest BCUT2D eigenvalue weighted by molar-refractivity contribution is 0.312. The van der Waals surface area contributed by atoms with Gasteiger partial charge in [-0.2, -0.15) is 0 Å². The van der Waals surface area contributed by atoms with Crippen LogP contribution in [0.25, 0.3) is 0 Å². The minimum atomic E-state index is 0.865. The van der Waals surface area contributed by atoms with E-state index in [1.54, 1.807) is 0 Å². The molecule has 2 heterocycles. The molecule has 1 saturated carbocycles. The SMILES string of the molecule is CCc1ncc(CNCC2CCN(C3CC3)C2)s1. The van der Waals surface area contributed by atoms with Crippen molar-refractivity contribution in [1.29, 1.82) is 0 Å². The van der Waals surface area contributed by atoms with Gasteiger partial charge in [-0.25, -0.2) is 4.98 Å². The number of nitrogens with zero attached hydrogens (tertiary/aromatic N) is 2. The average Bonchev–Trinajstić information content (AvgIpc) is 2.96. The van der Waals surface area contributed by atoms with Crippen LogP contribution in [0.15, 0.2) is 6.20 Å². The number of likely N-dealkylation sites (tertiary alicyclic amines) is 1. The van der Waals surface area contributed by atoms with Gasteiger partial charge in [-0.05, 0) is 44.7 Å². The minimum absolute atomic E-state index is 0.865. The van der Waals surface area contributed by atoms with Gasteiger partial charge in [-0.15, -0.1) is 11.3 Å². The van der Waals surface area contributed by atoms with Crippen LogP contribution in [0.4, 0.5) is 0 Å². The van der Waals surface area contributed by atoms with E-state index in [-0.39, 0.29) is 0 Å². The van der Waals surface area contributed by atoms with Crippen LogP contribution in [0.3, 0.4) is 0 Å². The predicted octanol–water partition coefficient (Wildman–Crippen LogP) is 2.28. The standard InChI is InChI=1S/C14H23N3S/c1-2-14-16-9-13(18-14)8-15-7-11-5-6-17(10-11)12-3-4-12/h9,11-12,15H,2-8,10H2,1H3. The van der Waals surface area contributed by atoms with Crippen LogP contribution in [0.2, 0.25) is 0 Å². The molecule has 3 nitrogen and oxygen atoms in total. The smallest absolute Gasteiger partial charge is 0.0925 e. The Balaban J connectivity index is 1.37. The Bertz CT molecular complexity index is 386. The lowest BCUT2D eigenvalue weighted by Crippen LogP contribution is -2.27. The second kappa shape index (κ2) is 5.68. The fraction of sp³-hybridized carbons (Fsp3) is 0.786. The van der Waals surface area contributed by atoms with Crippen molar-refractivity contribution in [2.75, 3.05) is 19.6 Å². The second-order valence-electron chi connectivity index (χ2n) is 5.59. The van der Waals surface area contributed by atoms with E-state index < -0.39 is 0 Å². The molecule has 3 rings (SSSR count). The Kier molecular flexibility index (Phi) is 3.97. The van der Waals surface area contributed by atoms with E-state index in [1.807, 2.05) is 17.5 Å². The summed E-state index contributed by atoms with van der Waals surface area (Å²) in [5, 5.41) is 4.86. The predicted molar refractivity (Wildman–Crippen MR) is 75.9 cm³/mol. The van der Waals surface area contributed by atoms with Crippen molar-refractivity contribution in [1.82, 2.24) is 15.2 Å². The van der Waals surface area contributed by atoms with Gasteiger partial charge in [0.25, 0.3) is 0 Å². The van der Waals surface area contributed by atoms with Crippen LogP contribution in [0.5, 0.6) is 0 Å². The van der Waals surface area contributed by atoms with Crippen molar-refractivity contribution in [2.45, 2.75) is 45.2 Å². The summed E-state index contributed by atoms with van der Waals surface area (Å²) in [6, 6.07) is 0.948. The Morgan fingerprint density at radius 1 is 1.44 bits per heavy atom. The minimum Gasteiger partial charge on any atom is -0.311 e. The summed E-state index contributed by atoms with van der Waals surface area (Å²) in [4.78, 5) is 8.47. The Labute approximate surface area is 114 Å². The van der Waals surface area contributed by atoms with Crippen molar-refractivity contribution in [3.8, 4) is 0 Å². The van der Waals surface area contributed by atoms with Gasteiger partial charge in [0.1, 0.15) is 0 Å². The normalized spacial score (nSPS) is 24.8. The first-order chi connectivity index (χ1) is 8.85. The molecule has 18 heavy (non-hydrogen) atoms. The fourth-order valence-corrected chi connectivity index (χ4v) is 3.63. The number of nitrogens with one attached hydrogen (secondary N) is 1. The molecule has 1 aromatic rings. The number of hydrogen-bond acceptors (Lipinski definition) is 4. The number of thiazole rings is 1. The first kappa shape index (κ1) is 12.6. The van der Waals surface area contributed by atoms with Gasteiger partial charge in [0.15, 0.2) is 0 Å². The summed E-state index contributed by atoms with van der Waals surface area (Å²) in [7, 11) is 0. The lowest BCUT2D eigenvalue weighted by Gasteiger charge is -2.14. The summed E-state index contributed by atoms with van der Waals surface area (Å²) in [6.45, 7) is 6.99. The Morgan fingerprint density at radius 2 is 2.33 bits per heavy atom. The largest absolute Gasteiger partial charge is 0.311 e. The molecule has 0 bridgehead atoms. The highest BCUT2D eigenvalue weighted by Gasteiger charge is 2.33. The quantitative estimate of drug-likeness (QED) is 0.855. The molecule has 1 aliphatic heterocycles. The molecule has 1 aliphatic carbocycles. The maximum Gasteiger partial charge on any atom is 0.0925 e. The summed E-state index contributed by atoms with van der Waals surface area (Å²) in [5.41, 5.74) is 0. The zero-order chi connectivity index (χ0) is 12.4. The molecule has 4 heteroatoms. The van der Waals surface area contributed by atoms with Crippen LogP contribution in [0.1, 0.15) is 36.1 Å². The first-order valence-electron chi connectivity index (χ1n) is 7.23. The van der Waals surface area contributed by atoms with E-state index in [9.17, 15) is 0 Å². The number of aryl methyl sites for hydroxylation is 1. The highest BCUT2D eigenvalue weighted by atomic mass is 32.1. The van der Waals surface area contributed by atoms with E-state index in [1.165, 1.54) is 48.8 Å². The van der Waals surface area contributed by atoms with Gasteiger partial charge >= 0.3 is 0 Å². The molecule has 2 aliphatic rings. The van der Waals surface area contributed by atoms with Gasteiger partial charge in [0, 0.05) is 30.2 Å². The second-order valence-corrected chi connectivity index (χ2v) is 6.79. The average molecular weight is 265 g/mol. The lowest BCUT2D eigenvalue weighted by atomic mass is 10.1. The molecular formula is C14H23N3S. The monoisotopic (exact) mass is 265 g/mol. The van der Waals surface area contributed by atoms with Crippen molar-refractivity contribution < 1.29 is 0 Å². The number of rotatable bonds is 6. The van der Waals surface area contributed by atoms with Crippen molar-refractivity contribution >= 4 is 11.3 Å². The Morgan fingerprint density at radius 3 is 3.06 bits per heavy atom. The molecule has 100 valence electrons. The van der Waals surface area contributed by atoms with E-state index >= 15 is 0 Å². The van der Waals surface area contributed by atoms with Crippen molar-refractivity contribution in [2.24, 2.45) is 5.92 Å². The summed E-state index contributed by atoms with van der Waals surface area (Å²) < 4.78 is 0. The molecule has 0 aromatic carbocycles. The van der Waals surface area contributed by atoms with Crippen LogP contribution < -0.4 is 5.32 Å². The van der Waals surface area contributed by atoms with E-state index in [0.29, 0.717) is 0 Å². The van der Waals surface area contributed by atoms with Crippen LogP contribution >= 0.6 is 11.3 Å². The number of hydrogen-bond donors (Lipinski definition) is 1. The van der Waals surface area contributed by atoms with E-state index in [2.05, 4.69) is 22.1 Å². The van der Waals surface area contributed by atoms with Crippen molar-refractivity contribution in [3.63, 3.8) is 0 Å². The van der Waals surface area contributed by atoms with Gasteiger partial charge in [-0.1, -0.05) is 6.92 Å². The molecule has 1 saturated heterocycles.